The molecule has 6 heteroatoms. The second-order valence-electron chi connectivity index (χ2n) is 7.05. The van der Waals surface area contributed by atoms with Gasteiger partial charge in [0.1, 0.15) is 5.75 Å². The lowest BCUT2D eigenvalue weighted by molar-refractivity contribution is 0.236. The predicted octanol–water partition coefficient (Wildman–Crippen LogP) is 5.10. The van der Waals surface area contributed by atoms with Gasteiger partial charge >= 0.3 is 0 Å². The second kappa shape index (κ2) is 9.48. The van der Waals surface area contributed by atoms with E-state index < -0.39 is 0 Å². The highest BCUT2D eigenvalue weighted by atomic mass is 32.1. The first-order chi connectivity index (χ1) is 13.5. The third-order valence-electron chi connectivity index (χ3n) is 3.88. The summed E-state index contributed by atoms with van der Waals surface area (Å²) in [6, 6.07) is 16.3. The summed E-state index contributed by atoms with van der Waals surface area (Å²) in [4.78, 5) is 6.71. The van der Waals surface area contributed by atoms with E-state index in [0.29, 0.717) is 0 Å². The van der Waals surface area contributed by atoms with Crippen molar-refractivity contribution in [3.05, 3.63) is 65.0 Å². The molecule has 146 valence electrons. The normalized spacial score (nSPS) is 11.5. The fraction of sp³-hybridized carbons (Fsp3) is 0.273. The van der Waals surface area contributed by atoms with Crippen molar-refractivity contribution >= 4 is 22.7 Å². The molecule has 28 heavy (non-hydrogen) atoms. The lowest BCUT2D eigenvalue weighted by Crippen LogP contribution is -2.14. The van der Waals surface area contributed by atoms with Crippen LogP contribution in [0.3, 0.4) is 0 Å². The van der Waals surface area contributed by atoms with Crippen molar-refractivity contribution < 1.29 is 4.74 Å². The molecule has 1 N–H and O–H groups in total. The molecule has 0 amide bonds. The first kappa shape index (κ1) is 20.0. The van der Waals surface area contributed by atoms with Gasteiger partial charge in [0.2, 0.25) is 5.13 Å². The van der Waals surface area contributed by atoms with Crippen molar-refractivity contribution in [3.8, 4) is 17.0 Å². The van der Waals surface area contributed by atoms with Gasteiger partial charge in [0.05, 0.1) is 18.0 Å². The predicted molar refractivity (Wildman–Crippen MR) is 118 cm³/mol. The maximum Gasteiger partial charge on any atom is 0.203 e. The molecule has 0 aliphatic heterocycles. The highest BCUT2D eigenvalue weighted by molar-refractivity contribution is 7.14. The maximum absolute atomic E-state index is 5.92. The van der Waals surface area contributed by atoms with Crippen LogP contribution in [0.5, 0.6) is 5.75 Å². The molecule has 0 bridgehead atoms. The minimum absolute atomic E-state index is 0.144. The summed E-state index contributed by atoms with van der Waals surface area (Å²) in [6.45, 7) is 4.89. The first-order valence-corrected chi connectivity index (χ1v) is 10.1. The zero-order valence-corrected chi connectivity index (χ0v) is 17.5. The van der Waals surface area contributed by atoms with Crippen molar-refractivity contribution in [1.82, 2.24) is 9.88 Å². The molecule has 0 aliphatic carbocycles. The topological polar surface area (TPSA) is 49.8 Å². The van der Waals surface area contributed by atoms with E-state index in [9.17, 15) is 0 Å². The zero-order valence-electron chi connectivity index (χ0n) is 16.7. The Morgan fingerprint density at radius 1 is 1.18 bits per heavy atom. The minimum Gasteiger partial charge on any atom is -0.491 e. The number of nitrogens with zero attached hydrogens (tertiary/aromatic N) is 3. The van der Waals surface area contributed by atoms with E-state index in [-0.39, 0.29) is 6.10 Å². The number of rotatable bonds is 8. The van der Waals surface area contributed by atoms with Crippen molar-refractivity contribution in [2.24, 2.45) is 5.10 Å². The highest BCUT2D eigenvalue weighted by Gasteiger charge is 2.08. The quantitative estimate of drug-likeness (QED) is 0.426. The molecule has 0 aliphatic rings. The monoisotopic (exact) mass is 394 g/mol. The summed E-state index contributed by atoms with van der Waals surface area (Å²) in [5.74, 6) is 0.918. The van der Waals surface area contributed by atoms with Gasteiger partial charge in [-0.2, -0.15) is 5.10 Å². The molecule has 1 heterocycles. The largest absolute Gasteiger partial charge is 0.491 e. The van der Waals surface area contributed by atoms with Crippen molar-refractivity contribution in [3.63, 3.8) is 0 Å². The molecular formula is C22H26N4OS. The Morgan fingerprint density at radius 2 is 1.96 bits per heavy atom. The van der Waals surface area contributed by atoms with E-state index >= 15 is 0 Å². The number of thiazole rings is 1. The number of hydrogen-bond donors (Lipinski definition) is 1. The standard InChI is InChI=1S/C22H26N4OS/c1-16(2)27-21-11-10-17(12-19(21)14-26(3)4)13-23-25-22-24-20(15-28-22)18-8-6-5-7-9-18/h5-13,15-16H,14H2,1-4H3,(H,24,25). The summed E-state index contributed by atoms with van der Waals surface area (Å²) < 4.78 is 5.92. The highest BCUT2D eigenvalue weighted by Crippen LogP contribution is 2.25. The molecule has 3 aromatic rings. The number of aromatic nitrogens is 1. The Labute approximate surface area is 170 Å². The van der Waals surface area contributed by atoms with Crippen LogP contribution < -0.4 is 10.2 Å². The lowest BCUT2D eigenvalue weighted by Gasteiger charge is -2.17. The van der Waals surface area contributed by atoms with Gasteiger partial charge in [0.25, 0.3) is 0 Å². The molecule has 0 radical (unpaired) electrons. The fourth-order valence-electron chi connectivity index (χ4n) is 2.74. The molecule has 0 unspecified atom stereocenters. The Morgan fingerprint density at radius 3 is 2.68 bits per heavy atom. The minimum atomic E-state index is 0.144. The average molecular weight is 395 g/mol. The van der Waals surface area contributed by atoms with Crippen LogP contribution in [0.1, 0.15) is 25.0 Å². The van der Waals surface area contributed by atoms with Crippen LogP contribution in [0.4, 0.5) is 5.13 Å². The van der Waals surface area contributed by atoms with E-state index in [4.69, 9.17) is 4.74 Å². The number of ether oxygens (including phenoxy) is 1. The van der Waals surface area contributed by atoms with Gasteiger partial charge < -0.3 is 9.64 Å². The van der Waals surface area contributed by atoms with E-state index in [0.717, 1.165) is 39.8 Å². The molecule has 3 rings (SSSR count). The number of anilines is 1. The smallest absolute Gasteiger partial charge is 0.203 e. The van der Waals surface area contributed by atoms with Crippen LogP contribution in [0, 0.1) is 0 Å². The first-order valence-electron chi connectivity index (χ1n) is 9.25. The number of benzene rings is 2. The van der Waals surface area contributed by atoms with Gasteiger partial charge in [-0.15, -0.1) is 11.3 Å². The Bertz CT molecular complexity index is 919. The molecule has 2 aromatic carbocycles. The SMILES string of the molecule is CC(C)Oc1ccc(C=NNc2nc(-c3ccccc3)cs2)cc1CN(C)C. The van der Waals surface area contributed by atoms with E-state index in [1.165, 1.54) is 11.3 Å². The third kappa shape index (κ3) is 5.65. The molecule has 0 fully saturated rings. The van der Waals surface area contributed by atoms with Crippen LogP contribution in [0.2, 0.25) is 0 Å². The van der Waals surface area contributed by atoms with E-state index in [1.807, 2.05) is 69.9 Å². The Kier molecular flexibility index (Phi) is 6.79. The molecule has 0 atom stereocenters. The van der Waals surface area contributed by atoms with Crippen molar-refractivity contribution in [1.29, 1.82) is 0 Å². The van der Waals surface area contributed by atoms with Gasteiger partial charge in [0.15, 0.2) is 0 Å². The Hall–Kier alpha value is -2.70. The van der Waals surface area contributed by atoms with Gasteiger partial charge in [-0.05, 0) is 51.7 Å². The third-order valence-corrected chi connectivity index (χ3v) is 4.63. The lowest BCUT2D eigenvalue weighted by atomic mass is 10.1. The molecule has 1 aromatic heterocycles. The summed E-state index contributed by atoms with van der Waals surface area (Å²) >= 11 is 1.54. The van der Waals surface area contributed by atoms with Gasteiger partial charge in [-0.25, -0.2) is 4.98 Å². The molecule has 0 saturated heterocycles. The number of hydrogen-bond acceptors (Lipinski definition) is 6. The second-order valence-corrected chi connectivity index (χ2v) is 7.90. The van der Waals surface area contributed by atoms with Crippen LogP contribution in [-0.2, 0) is 6.54 Å². The summed E-state index contributed by atoms with van der Waals surface area (Å²) in [5.41, 5.74) is 7.23. The number of nitrogens with one attached hydrogen (secondary N) is 1. The van der Waals surface area contributed by atoms with Crippen LogP contribution in [-0.4, -0.2) is 36.3 Å². The van der Waals surface area contributed by atoms with Gasteiger partial charge in [-0.3, -0.25) is 5.43 Å². The average Bonchev–Trinajstić information content (AvgIpc) is 3.13. The Balaban J connectivity index is 1.69. The van der Waals surface area contributed by atoms with Gasteiger partial charge in [-0.1, -0.05) is 30.3 Å². The van der Waals surface area contributed by atoms with Gasteiger partial charge in [0, 0.05) is 23.1 Å². The summed E-state index contributed by atoms with van der Waals surface area (Å²) in [6.07, 6.45) is 1.95. The molecular weight excluding hydrogens is 368 g/mol. The number of hydrazone groups is 1. The zero-order chi connectivity index (χ0) is 19.9. The van der Waals surface area contributed by atoms with E-state index in [2.05, 4.69) is 38.6 Å². The summed E-state index contributed by atoms with van der Waals surface area (Å²) in [7, 11) is 4.10. The van der Waals surface area contributed by atoms with Crippen LogP contribution in [0.15, 0.2) is 59.0 Å². The van der Waals surface area contributed by atoms with Crippen LogP contribution >= 0.6 is 11.3 Å². The molecule has 0 spiro atoms. The molecule has 0 saturated carbocycles. The summed E-state index contributed by atoms with van der Waals surface area (Å²) in [5, 5.41) is 7.14. The molecule has 5 nitrogen and oxygen atoms in total. The van der Waals surface area contributed by atoms with E-state index in [1.54, 1.807) is 0 Å². The van der Waals surface area contributed by atoms with Crippen LogP contribution in [0.25, 0.3) is 11.3 Å². The maximum atomic E-state index is 5.92. The fourth-order valence-corrected chi connectivity index (χ4v) is 3.41. The van der Waals surface area contributed by atoms with Crippen molar-refractivity contribution in [2.45, 2.75) is 26.5 Å². The van der Waals surface area contributed by atoms with Crippen molar-refractivity contribution in [2.75, 3.05) is 19.5 Å².